The van der Waals surface area contributed by atoms with Gasteiger partial charge in [0.15, 0.2) is 11.5 Å². The lowest BCUT2D eigenvalue weighted by Crippen LogP contribution is -2.33. The summed E-state index contributed by atoms with van der Waals surface area (Å²) in [6.07, 6.45) is 0.764. The van der Waals surface area contributed by atoms with Crippen LogP contribution in [0.1, 0.15) is 22.3 Å². The summed E-state index contributed by atoms with van der Waals surface area (Å²) >= 11 is 0. The molecule has 5 heteroatoms. The predicted octanol–water partition coefficient (Wildman–Crippen LogP) is 0.787. The number of fused-ring (bicyclic) bond motifs is 1. The molecule has 0 aromatic heterocycles. The van der Waals surface area contributed by atoms with E-state index in [2.05, 4.69) is 5.48 Å². The highest BCUT2D eigenvalue weighted by atomic mass is 16.7. The van der Waals surface area contributed by atoms with Gasteiger partial charge in [0.1, 0.15) is 0 Å². The van der Waals surface area contributed by atoms with E-state index in [9.17, 15) is 9.59 Å². The molecule has 0 saturated carbocycles. The van der Waals surface area contributed by atoms with Crippen LogP contribution in [0.4, 0.5) is 0 Å². The van der Waals surface area contributed by atoms with Crippen LogP contribution in [0, 0.1) is 0 Å². The largest absolute Gasteiger partial charge is 0.379 e. The Morgan fingerprint density at radius 1 is 1.44 bits per heavy atom. The highest BCUT2D eigenvalue weighted by molar-refractivity contribution is 5.97. The number of amides is 1. The van der Waals surface area contributed by atoms with Crippen LogP contribution in [0.15, 0.2) is 18.2 Å². The van der Waals surface area contributed by atoms with Crippen LogP contribution in [0.5, 0.6) is 5.75 Å². The van der Waals surface area contributed by atoms with Crippen LogP contribution in [0.3, 0.4) is 0 Å². The number of nitrogens with zero attached hydrogens (tertiary/aromatic N) is 1. The Bertz CT molecular complexity index is 483. The van der Waals surface area contributed by atoms with Crippen molar-refractivity contribution in [1.29, 1.82) is 0 Å². The number of hydrogen-bond donors (Lipinski definition) is 1. The summed E-state index contributed by atoms with van der Waals surface area (Å²) in [5.41, 5.74) is 3.72. The zero-order valence-electron chi connectivity index (χ0n) is 10.5. The number of carbonyl (C=O) groups is 2. The van der Waals surface area contributed by atoms with Crippen LogP contribution >= 0.6 is 0 Å². The van der Waals surface area contributed by atoms with Crippen molar-refractivity contribution in [3.8, 4) is 5.75 Å². The van der Waals surface area contributed by atoms with Gasteiger partial charge in [0.25, 0.3) is 5.91 Å². The molecule has 1 aromatic rings. The van der Waals surface area contributed by atoms with E-state index in [4.69, 9.17) is 4.84 Å². The first-order valence-corrected chi connectivity index (χ1v) is 5.83. The molecule has 0 atom stereocenters. The lowest BCUT2D eigenvalue weighted by molar-refractivity contribution is -0.128. The van der Waals surface area contributed by atoms with Gasteiger partial charge in [0.2, 0.25) is 0 Å². The Morgan fingerprint density at radius 3 is 2.94 bits per heavy atom. The zero-order chi connectivity index (χ0) is 13.1. The molecule has 1 aliphatic heterocycles. The Labute approximate surface area is 106 Å². The number of benzene rings is 1. The van der Waals surface area contributed by atoms with Crippen molar-refractivity contribution in [1.82, 2.24) is 10.4 Å². The van der Waals surface area contributed by atoms with E-state index in [1.807, 2.05) is 19.0 Å². The number of nitrogens with one attached hydrogen (secondary N) is 1. The number of Topliss-reactive ketones (excluding diaryl/α,β-unsaturated/α-hetero) is 1. The molecule has 0 unspecified atom stereocenters. The van der Waals surface area contributed by atoms with Crippen molar-refractivity contribution in [3.05, 3.63) is 29.3 Å². The number of rotatable bonds is 4. The molecule has 18 heavy (non-hydrogen) atoms. The summed E-state index contributed by atoms with van der Waals surface area (Å²) in [5.74, 6) is 0.464. The summed E-state index contributed by atoms with van der Waals surface area (Å²) in [6.45, 7) is 0.716. The van der Waals surface area contributed by atoms with E-state index in [1.165, 1.54) is 0 Å². The number of ketones is 1. The van der Waals surface area contributed by atoms with E-state index in [-0.39, 0.29) is 11.7 Å². The molecule has 0 spiro atoms. The maximum Gasteiger partial charge on any atom is 0.257 e. The number of hydrogen-bond acceptors (Lipinski definition) is 4. The van der Waals surface area contributed by atoms with Crippen LogP contribution in [0.2, 0.25) is 0 Å². The maximum atomic E-state index is 11.9. The topological polar surface area (TPSA) is 58.6 Å². The molecule has 1 aromatic carbocycles. The zero-order valence-corrected chi connectivity index (χ0v) is 10.5. The fourth-order valence-electron chi connectivity index (χ4n) is 1.76. The van der Waals surface area contributed by atoms with E-state index < -0.39 is 0 Å². The van der Waals surface area contributed by atoms with Gasteiger partial charge in [0, 0.05) is 24.1 Å². The minimum absolute atomic E-state index is 0.0759. The van der Waals surface area contributed by atoms with Gasteiger partial charge >= 0.3 is 0 Å². The SMILES string of the molecule is CN(C)CCC(=O)c1ccc2c(c1)ONC(=O)C2. The molecular formula is C13H16N2O3. The smallest absolute Gasteiger partial charge is 0.257 e. The summed E-state index contributed by atoms with van der Waals surface area (Å²) in [7, 11) is 3.86. The molecule has 5 nitrogen and oxygen atoms in total. The average molecular weight is 248 g/mol. The summed E-state index contributed by atoms with van der Waals surface area (Å²) in [5, 5.41) is 0. The van der Waals surface area contributed by atoms with Crippen molar-refractivity contribution < 1.29 is 14.4 Å². The van der Waals surface area contributed by atoms with Crippen molar-refractivity contribution >= 4 is 11.7 Å². The Kier molecular flexibility index (Phi) is 3.62. The van der Waals surface area contributed by atoms with Gasteiger partial charge < -0.3 is 9.74 Å². The Morgan fingerprint density at radius 2 is 2.22 bits per heavy atom. The van der Waals surface area contributed by atoms with E-state index >= 15 is 0 Å². The molecular weight excluding hydrogens is 232 g/mol. The molecule has 2 rings (SSSR count). The average Bonchev–Trinajstić information content (AvgIpc) is 2.35. The minimum atomic E-state index is -0.172. The lowest BCUT2D eigenvalue weighted by Gasteiger charge is -2.17. The highest BCUT2D eigenvalue weighted by Gasteiger charge is 2.18. The van der Waals surface area contributed by atoms with E-state index in [0.29, 0.717) is 30.7 Å². The summed E-state index contributed by atoms with van der Waals surface area (Å²) in [6, 6.07) is 5.21. The maximum absolute atomic E-state index is 11.9. The first-order chi connectivity index (χ1) is 8.56. The van der Waals surface area contributed by atoms with Crippen LogP contribution < -0.4 is 10.3 Å². The third kappa shape index (κ3) is 2.87. The van der Waals surface area contributed by atoms with Crippen LogP contribution in [0.25, 0.3) is 0 Å². The first kappa shape index (κ1) is 12.6. The number of hydroxylamine groups is 1. The second kappa shape index (κ2) is 5.18. The number of carbonyl (C=O) groups excluding carboxylic acids is 2. The van der Waals surface area contributed by atoms with Crippen molar-refractivity contribution in [2.24, 2.45) is 0 Å². The predicted molar refractivity (Wildman–Crippen MR) is 66.4 cm³/mol. The van der Waals surface area contributed by atoms with Crippen molar-refractivity contribution in [2.75, 3.05) is 20.6 Å². The summed E-state index contributed by atoms with van der Waals surface area (Å²) in [4.78, 5) is 30.1. The molecule has 0 fully saturated rings. The van der Waals surface area contributed by atoms with Gasteiger partial charge in [-0.05, 0) is 20.2 Å². The van der Waals surface area contributed by atoms with Gasteiger partial charge in [-0.3, -0.25) is 9.59 Å². The van der Waals surface area contributed by atoms with Crippen molar-refractivity contribution in [2.45, 2.75) is 12.8 Å². The third-order valence-corrected chi connectivity index (χ3v) is 2.80. The molecule has 96 valence electrons. The monoisotopic (exact) mass is 248 g/mol. The first-order valence-electron chi connectivity index (χ1n) is 5.83. The van der Waals surface area contributed by atoms with Gasteiger partial charge in [-0.15, -0.1) is 0 Å². The second-order valence-corrected chi connectivity index (χ2v) is 4.60. The van der Waals surface area contributed by atoms with E-state index in [0.717, 1.165) is 5.56 Å². The Balaban J connectivity index is 2.11. The quantitative estimate of drug-likeness (QED) is 0.800. The molecule has 1 heterocycles. The molecule has 0 saturated heterocycles. The minimum Gasteiger partial charge on any atom is -0.379 e. The molecule has 1 N–H and O–H groups in total. The second-order valence-electron chi connectivity index (χ2n) is 4.60. The van der Waals surface area contributed by atoms with Crippen molar-refractivity contribution in [3.63, 3.8) is 0 Å². The Hall–Kier alpha value is -1.88. The van der Waals surface area contributed by atoms with Crippen LogP contribution in [-0.2, 0) is 11.2 Å². The van der Waals surface area contributed by atoms with Gasteiger partial charge in [0.05, 0.1) is 6.42 Å². The third-order valence-electron chi connectivity index (χ3n) is 2.80. The highest BCUT2D eigenvalue weighted by Crippen LogP contribution is 2.23. The molecule has 0 bridgehead atoms. The normalized spacial score (nSPS) is 13.8. The van der Waals surface area contributed by atoms with Gasteiger partial charge in [-0.2, -0.15) is 5.48 Å². The molecule has 0 aliphatic carbocycles. The standard InChI is InChI=1S/C13H16N2O3/c1-15(2)6-5-11(16)9-3-4-10-8-13(17)14-18-12(10)7-9/h3-4,7H,5-6,8H2,1-2H3,(H,14,17). The molecule has 1 aliphatic rings. The fraction of sp³-hybridized carbons (Fsp3) is 0.385. The van der Waals surface area contributed by atoms with Gasteiger partial charge in [-0.1, -0.05) is 12.1 Å². The molecule has 1 amide bonds. The van der Waals surface area contributed by atoms with Crippen LogP contribution in [-0.4, -0.2) is 37.2 Å². The van der Waals surface area contributed by atoms with E-state index in [1.54, 1.807) is 18.2 Å². The molecule has 0 radical (unpaired) electrons. The fourth-order valence-corrected chi connectivity index (χ4v) is 1.76. The van der Waals surface area contributed by atoms with Gasteiger partial charge in [-0.25, -0.2) is 0 Å². The summed E-state index contributed by atoms with van der Waals surface area (Å²) < 4.78 is 0. The lowest BCUT2D eigenvalue weighted by atomic mass is 10.0.